The first-order valence-electron chi connectivity index (χ1n) is 5.50. The second kappa shape index (κ2) is 9.06. The van der Waals surface area contributed by atoms with Gasteiger partial charge in [0.1, 0.15) is 6.23 Å². The van der Waals surface area contributed by atoms with Crippen LogP contribution in [0.5, 0.6) is 0 Å². The molecule has 0 spiro atoms. The molecule has 0 aromatic heterocycles. The molecule has 92 valence electrons. The van der Waals surface area contributed by atoms with Crippen LogP contribution in [0.3, 0.4) is 0 Å². The second-order valence-electron chi connectivity index (χ2n) is 3.92. The second-order valence-corrected chi connectivity index (χ2v) is 3.92. The van der Waals surface area contributed by atoms with Crippen LogP contribution in [-0.4, -0.2) is 28.9 Å². The van der Waals surface area contributed by atoms with E-state index in [-0.39, 0.29) is 12.3 Å². The van der Waals surface area contributed by atoms with E-state index in [1.54, 1.807) is 6.92 Å². The van der Waals surface area contributed by atoms with Crippen LogP contribution in [0.2, 0.25) is 0 Å². The van der Waals surface area contributed by atoms with Gasteiger partial charge in [0, 0.05) is 6.04 Å². The Morgan fingerprint density at radius 2 is 1.80 bits per heavy atom. The highest BCUT2D eigenvalue weighted by Crippen LogP contribution is 2.07. The van der Waals surface area contributed by atoms with E-state index in [9.17, 15) is 0 Å². The van der Waals surface area contributed by atoms with Crippen molar-refractivity contribution in [2.75, 3.05) is 0 Å². The van der Waals surface area contributed by atoms with Gasteiger partial charge in [0.15, 0.2) is 0 Å². The van der Waals surface area contributed by atoms with Crippen molar-refractivity contribution in [2.45, 2.75) is 64.8 Å². The van der Waals surface area contributed by atoms with Gasteiger partial charge in [-0.3, -0.25) is 15.8 Å². The van der Waals surface area contributed by atoms with E-state index in [0.29, 0.717) is 12.5 Å². The van der Waals surface area contributed by atoms with Gasteiger partial charge in [-0.2, -0.15) is 0 Å². The van der Waals surface area contributed by atoms with Gasteiger partial charge in [0.25, 0.3) is 0 Å². The van der Waals surface area contributed by atoms with Crippen LogP contribution in [0, 0.1) is 0 Å². The molecule has 0 fully saturated rings. The third kappa shape index (κ3) is 7.70. The molecule has 3 unspecified atom stereocenters. The first-order valence-corrected chi connectivity index (χ1v) is 5.50. The van der Waals surface area contributed by atoms with Crippen LogP contribution in [0.1, 0.15) is 46.5 Å². The molecule has 3 atom stereocenters. The fraction of sp³-hybridized carbons (Fsp3) is 1.00. The van der Waals surface area contributed by atoms with E-state index >= 15 is 0 Å². The molecule has 0 amide bonds. The summed E-state index contributed by atoms with van der Waals surface area (Å²) in [6.45, 7) is 5.89. The fourth-order valence-electron chi connectivity index (χ4n) is 1.25. The summed E-state index contributed by atoms with van der Waals surface area (Å²) in [5.41, 5.74) is 0. The molecule has 0 aromatic rings. The number of hydrogen-bond donors (Lipinski definition) is 3. The molecule has 0 bridgehead atoms. The lowest BCUT2D eigenvalue weighted by Gasteiger charge is -2.19. The van der Waals surface area contributed by atoms with Crippen LogP contribution in [-0.2, 0) is 9.78 Å². The molecule has 0 heterocycles. The molecule has 0 aliphatic heterocycles. The van der Waals surface area contributed by atoms with Crippen molar-refractivity contribution in [2.24, 2.45) is 0 Å². The lowest BCUT2D eigenvalue weighted by molar-refractivity contribution is -0.291. The average molecular weight is 221 g/mol. The molecule has 0 aliphatic rings. The van der Waals surface area contributed by atoms with Gasteiger partial charge >= 0.3 is 0 Å². The Bertz CT molecular complexity index is 145. The predicted molar refractivity (Wildman–Crippen MR) is 57.4 cm³/mol. The predicted octanol–water partition coefficient (Wildman–Crippen LogP) is 2.24. The third-order valence-corrected chi connectivity index (χ3v) is 2.47. The number of rotatable bonds is 9. The van der Waals surface area contributed by atoms with E-state index < -0.39 is 0 Å². The molecule has 0 aromatic carbocycles. The van der Waals surface area contributed by atoms with Crippen LogP contribution < -0.4 is 5.32 Å². The van der Waals surface area contributed by atoms with Gasteiger partial charge in [-0.15, -0.1) is 0 Å². The Hall–Kier alpha value is -0.200. The largest absolute Gasteiger partial charge is 0.287 e. The van der Waals surface area contributed by atoms with E-state index in [1.165, 1.54) is 0 Å². The van der Waals surface area contributed by atoms with E-state index in [4.69, 9.17) is 10.5 Å². The lowest BCUT2D eigenvalue weighted by atomic mass is 10.1. The van der Waals surface area contributed by atoms with E-state index in [0.717, 1.165) is 19.3 Å². The van der Waals surface area contributed by atoms with Crippen molar-refractivity contribution >= 4 is 0 Å². The quantitative estimate of drug-likeness (QED) is 0.316. The third-order valence-electron chi connectivity index (χ3n) is 2.47. The van der Waals surface area contributed by atoms with Gasteiger partial charge in [0.05, 0.1) is 6.10 Å². The fourth-order valence-corrected chi connectivity index (χ4v) is 1.25. The highest BCUT2D eigenvalue weighted by atomic mass is 17.1. The SMILES string of the molecule is CCC(C)NC(CCCC(C)OO)OO. The first-order chi connectivity index (χ1) is 7.13. The monoisotopic (exact) mass is 221 g/mol. The summed E-state index contributed by atoms with van der Waals surface area (Å²) in [5.74, 6) is 0. The summed E-state index contributed by atoms with van der Waals surface area (Å²) < 4.78 is 0. The number of hydrogen-bond acceptors (Lipinski definition) is 5. The maximum Gasteiger partial charge on any atom is 0.143 e. The molecule has 0 saturated carbocycles. The molecule has 0 rings (SSSR count). The van der Waals surface area contributed by atoms with Gasteiger partial charge in [-0.25, -0.2) is 9.78 Å². The smallest absolute Gasteiger partial charge is 0.143 e. The summed E-state index contributed by atoms with van der Waals surface area (Å²) in [6.07, 6.45) is 2.71. The molecule has 3 N–H and O–H groups in total. The molecule has 5 nitrogen and oxygen atoms in total. The standard InChI is InChI=1S/C10H23NO4/c1-4-8(2)11-10(15-13)7-5-6-9(3)14-12/h8-13H,4-7H2,1-3H3. The van der Waals surface area contributed by atoms with Crippen molar-refractivity contribution in [3.63, 3.8) is 0 Å². The van der Waals surface area contributed by atoms with Gasteiger partial charge in [-0.1, -0.05) is 6.92 Å². The minimum atomic E-state index is -0.342. The van der Waals surface area contributed by atoms with Gasteiger partial charge in [-0.05, 0) is 39.5 Å². The van der Waals surface area contributed by atoms with Crippen LogP contribution in [0.25, 0.3) is 0 Å². The van der Waals surface area contributed by atoms with Crippen LogP contribution >= 0.6 is 0 Å². The summed E-state index contributed by atoms with van der Waals surface area (Å²) in [4.78, 5) is 8.47. The molecule has 15 heavy (non-hydrogen) atoms. The van der Waals surface area contributed by atoms with Crippen molar-refractivity contribution < 1.29 is 20.3 Å². The summed E-state index contributed by atoms with van der Waals surface area (Å²) in [6, 6.07) is 0.314. The van der Waals surface area contributed by atoms with Crippen LogP contribution in [0.4, 0.5) is 0 Å². The Morgan fingerprint density at radius 1 is 1.13 bits per heavy atom. The van der Waals surface area contributed by atoms with E-state index in [1.807, 2.05) is 6.92 Å². The van der Waals surface area contributed by atoms with Crippen molar-refractivity contribution in [3.8, 4) is 0 Å². The normalized spacial score (nSPS) is 17.4. The maximum atomic E-state index is 8.65. The molecular weight excluding hydrogens is 198 g/mol. The Morgan fingerprint density at radius 3 is 2.27 bits per heavy atom. The lowest BCUT2D eigenvalue weighted by Crippen LogP contribution is -2.37. The zero-order valence-corrected chi connectivity index (χ0v) is 9.77. The Balaban J connectivity index is 3.61. The van der Waals surface area contributed by atoms with Gasteiger partial charge < -0.3 is 0 Å². The first kappa shape index (κ1) is 14.8. The van der Waals surface area contributed by atoms with Crippen LogP contribution in [0.15, 0.2) is 0 Å². The molecule has 0 aliphatic carbocycles. The molecular formula is C10H23NO4. The summed E-state index contributed by atoms with van der Waals surface area (Å²) >= 11 is 0. The highest BCUT2D eigenvalue weighted by molar-refractivity contribution is 4.62. The maximum absolute atomic E-state index is 8.65. The molecule has 0 radical (unpaired) electrons. The minimum absolute atomic E-state index is 0.173. The molecule has 0 saturated heterocycles. The summed E-state index contributed by atoms with van der Waals surface area (Å²) in [5, 5.41) is 20.1. The van der Waals surface area contributed by atoms with Crippen molar-refractivity contribution in [3.05, 3.63) is 0 Å². The average Bonchev–Trinajstić information content (AvgIpc) is 2.26. The Kier molecular flexibility index (Phi) is 8.94. The highest BCUT2D eigenvalue weighted by Gasteiger charge is 2.12. The van der Waals surface area contributed by atoms with Crippen molar-refractivity contribution in [1.29, 1.82) is 0 Å². The van der Waals surface area contributed by atoms with Crippen molar-refractivity contribution in [1.82, 2.24) is 5.32 Å². The molecule has 5 heteroatoms. The minimum Gasteiger partial charge on any atom is -0.287 e. The Labute approximate surface area is 91.2 Å². The zero-order valence-electron chi connectivity index (χ0n) is 9.77. The number of nitrogens with one attached hydrogen (secondary N) is 1. The van der Waals surface area contributed by atoms with Gasteiger partial charge in [0.2, 0.25) is 0 Å². The topological polar surface area (TPSA) is 71.0 Å². The zero-order chi connectivity index (χ0) is 11.7. The van der Waals surface area contributed by atoms with E-state index in [2.05, 4.69) is 22.0 Å². The summed E-state index contributed by atoms with van der Waals surface area (Å²) in [7, 11) is 0.